The molecule has 5 nitrogen and oxygen atoms in total. The fourth-order valence-corrected chi connectivity index (χ4v) is 3.82. The maximum absolute atomic E-state index is 12.3. The van der Waals surface area contributed by atoms with Crippen molar-refractivity contribution < 1.29 is 4.79 Å². The fraction of sp³-hybridized carbons (Fsp3) is 0.444. The number of hydrogen-bond donors (Lipinski definition) is 3. The lowest BCUT2D eigenvalue weighted by atomic mass is 10.1. The summed E-state index contributed by atoms with van der Waals surface area (Å²) in [4.78, 5) is 19.7. The molecule has 2 heterocycles. The van der Waals surface area contributed by atoms with E-state index in [1.807, 2.05) is 11.8 Å². The third kappa shape index (κ3) is 4.39. The first kappa shape index (κ1) is 17.0. The summed E-state index contributed by atoms with van der Waals surface area (Å²) in [6.45, 7) is 3.63. The van der Waals surface area contributed by atoms with E-state index in [-0.39, 0.29) is 11.9 Å². The smallest absolute Gasteiger partial charge is 0.243 e. The number of rotatable bonds is 7. The topological polar surface area (TPSA) is 69.8 Å². The van der Waals surface area contributed by atoms with Crippen molar-refractivity contribution in [1.82, 2.24) is 20.6 Å². The molecular weight excluding hydrogens is 320 g/mol. The summed E-state index contributed by atoms with van der Waals surface area (Å²) in [6.07, 6.45) is 3.54. The number of aryl methyl sites for hydroxylation is 1. The zero-order valence-corrected chi connectivity index (χ0v) is 14.8. The molecule has 0 radical (unpaired) electrons. The van der Waals surface area contributed by atoms with Gasteiger partial charge in [0, 0.05) is 31.0 Å². The number of nitrogens with one attached hydrogen (secondary N) is 3. The van der Waals surface area contributed by atoms with Gasteiger partial charge in [-0.05, 0) is 24.7 Å². The summed E-state index contributed by atoms with van der Waals surface area (Å²) < 4.78 is 0. The Balaban J connectivity index is 1.35. The van der Waals surface area contributed by atoms with Crippen LogP contribution in [0.2, 0.25) is 0 Å². The molecular formula is C18H24N4OS. The molecule has 1 aromatic heterocycles. The molecule has 128 valence electrons. The van der Waals surface area contributed by atoms with E-state index in [9.17, 15) is 4.79 Å². The Kier molecular flexibility index (Phi) is 5.93. The predicted molar refractivity (Wildman–Crippen MR) is 98.0 cm³/mol. The maximum atomic E-state index is 12.3. The summed E-state index contributed by atoms with van der Waals surface area (Å²) in [7, 11) is 0. The van der Waals surface area contributed by atoms with Gasteiger partial charge in [-0.1, -0.05) is 29.8 Å². The number of benzene rings is 1. The highest BCUT2D eigenvalue weighted by molar-refractivity contribution is 7.98. The van der Waals surface area contributed by atoms with Gasteiger partial charge >= 0.3 is 0 Å². The average Bonchev–Trinajstić information content (AvgIpc) is 3.06. The van der Waals surface area contributed by atoms with Crippen LogP contribution in [-0.4, -0.2) is 34.7 Å². The molecule has 1 aliphatic heterocycles. The summed E-state index contributed by atoms with van der Waals surface area (Å²) in [5, 5.41) is 6.26. The van der Waals surface area contributed by atoms with Gasteiger partial charge in [0.1, 0.15) is 6.04 Å². The second kappa shape index (κ2) is 8.35. The standard InChI is InChI=1S/C18H24N4OS/c1-13-4-2-5-14(10-13)11-24-9-3-7-20-18(23)17-16-15(6-8-19-17)21-12-22-16/h2,4-5,10,12,17,19H,3,6-9,11H2,1H3,(H,20,23)(H,21,22). The van der Waals surface area contributed by atoms with Crippen LogP contribution in [0.25, 0.3) is 0 Å². The van der Waals surface area contributed by atoms with Crippen molar-refractivity contribution in [2.45, 2.75) is 31.6 Å². The Morgan fingerprint density at radius 1 is 1.46 bits per heavy atom. The Labute approximate surface area is 147 Å². The molecule has 0 spiro atoms. The van der Waals surface area contributed by atoms with Gasteiger partial charge in [0.2, 0.25) is 5.91 Å². The molecule has 0 bridgehead atoms. The van der Waals surface area contributed by atoms with Crippen LogP contribution in [0.3, 0.4) is 0 Å². The van der Waals surface area contributed by atoms with E-state index >= 15 is 0 Å². The summed E-state index contributed by atoms with van der Waals surface area (Å²) in [5.74, 6) is 2.09. The first-order chi connectivity index (χ1) is 11.7. The quantitative estimate of drug-likeness (QED) is 0.674. The van der Waals surface area contributed by atoms with Crippen molar-refractivity contribution in [3.63, 3.8) is 0 Å². The minimum atomic E-state index is -0.319. The largest absolute Gasteiger partial charge is 0.354 e. The van der Waals surface area contributed by atoms with Crippen molar-refractivity contribution in [2.75, 3.05) is 18.8 Å². The van der Waals surface area contributed by atoms with Gasteiger partial charge in [-0.15, -0.1) is 0 Å². The molecule has 3 N–H and O–H groups in total. The Bertz CT molecular complexity index is 685. The number of imidazole rings is 1. The fourth-order valence-electron chi connectivity index (χ4n) is 2.92. The molecule has 1 amide bonds. The van der Waals surface area contributed by atoms with Gasteiger partial charge in [-0.2, -0.15) is 11.8 Å². The Hall–Kier alpha value is -1.79. The molecule has 1 aliphatic rings. The van der Waals surface area contributed by atoms with Gasteiger partial charge in [-0.3, -0.25) is 4.79 Å². The van der Waals surface area contributed by atoms with Gasteiger partial charge in [-0.25, -0.2) is 4.98 Å². The SMILES string of the molecule is Cc1cccc(CSCCCNC(=O)C2NCCc3[nH]cnc32)c1. The van der Waals surface area contributed by atoms with Crippen molar-refractivity contribution in [3.05, 3.63) is 53.1 Å². The van der Waals surface area contributed by atoms with Crippen molar-refractivity contribution >= 4 is 17.7 Å². The van der Waals surface area contributed by atoms with E-state index < -0.39 is 0 Å². The molecule has 24 heavy (non-hydrogen) atoms. The summed E-state index contributed by atoms with van der Waals surface area (Å²) in [6, 6.07) is 8.29. The van der Waals surface area contributed by atoms with Crippen LogP contribution in [0.4, 0.5) is 0 Å². The number of amides is 1. The molecule has 1 atom stereocenters. The lowest BCUT2D eigenvalue weighted by molar-refractivity contribution is -0.123. The molecule has 2 aromatic rings. The highest BCUT2D eigenvalue weighted by Crippen LogP contribution is 2.19. The predicted octanol–water partition coefficient (Wildman–Crippen LogP) is 2.34. The number of aromatic nitrogens is 2. The third-order valence-electron chi connectivity index (χ3n) is 4.13. The summed E-state index contributed by atoms with van der Waals surface area (Å²) in [5.41, 5.74) is 4.58. The molecule has 0 aliphatic carbocycles. The van der Waals surface area contributed by atoms with E-state index in [1.54, 1.807) is 6.33 Å². The molecule has 1 aromatic carbocycles. The zero-order chi connectivity index (χ0) is 16.8. The molecule has 0 fully saturated rings. The van der Waals surface area contributed by atoms with Gasteiger partial charge in [0.25, 0.3) is 0 Å². The maximum Gasteiger partial charge on any atom is 0.243 e. The number of hydrogen-bond acceptors (Lipinski definition) is 4. The summed E-state index contributed by atoms with van der Waals surface area (Å²) >= 11 is 1.91. The molecule has 0 saturated carbocycles. The van der Waals surface area contributed by atoms with Crippen LogP contribution < -0.4 is 10.6 Å². The highest BCUT2D eigenvalue weighted by Gasteiger charge is 2.27. The van der Waals surface area contributed by atoms with Crippen LogP contribution in [0, 0.1) is 6.92 Å². The normalized spacial score (nSPS) is 16.6. The average molecular weight is 344 g/mol. The number of aromatic amines is 1. The van der Waals surface area contributed by atoms with Crippen LogP contribution in [-0.2, 0) is 17.0 Å². The zero-order valence-electron chi connectivity index (χ0n) is 14.0. The van der Waals surface area contributed by atoms with E-state index in [0.717, 1.165) is 42.3 Å². The number of H-pyrrole nitrogens is 1. The van der Waals surface area contributed by atoms with Crippen molar-refractivity contribution in [1.29, 1.82) is 0 Å². The van der Waals surface area contributed by atoms with Gasteiger partial charge < -0.3 is 15.6 Å². The van der Waals surface area contributed by atoms with Gasteiger partial charge in [0.15, 0.2) is 0 Å². The second-order valence-corrected chi connectivity index (χ2v) is 7.19. The van der Waals surface area contributed by atoms with Crippen molar-refractivity contribution in [3.8, 4) is 0 Å². The van der Waals surface area contributed by atoms with E-state index in [2.05, 4.69) is 51.8 Å². The first-order valence-electron chi connectivity index (χ1n) is 8.40. The molecule has 6 heteroatoms. The lowest BCUT2D eigenvalue weighted by Gasteiger charge is -2.22. The monoisotopic (exact) mass is 344 g/mol. The number of carbonyl (C=O) groups excluding carboxylic acids is 1. The van der Waals surface area contributed by atoms with Crippen LogP contribution in [0.1, 0.15) is 35.0 Å². The minimum absolute atomic E-state index is 0.0201. The van der Waals surface area contributed by atoms with E-state index in [4.69, 9.17) is 0 Å². The minimum Gasteiger partial charge on any atom is -0.354 e. The van der Waals surface area contributed by atoms with Crippen LogP contribution in [0.15, 0.2) is 30.6 Å². The molecule has 0 saturated heterocycles. The van der Waals surface area contributed by atoms with Crippen molar-refractivity contribution in [2.24, 2.45) is 0 Å². The number of nitrogens with zero attached hydrogens (tertiary/aromatic N) is 1. The van der Waals surface area contributed by atoms with E-state index in [0.29, 0.717) is 6.54 Å². The van der Waals surface area contributed by atoms with Crippen LogP contribution >= 0.6 is 11.8 Å². The second-order valence-electron chi connectivity index (χ2n) is 6.09. The Morgan fingerprint density at radius 3 is 3.25 bits per heavy atom. The number of thioether (sulfide) groups is 1. The third-order valence-corrected chi connectivity index (χ3v) is 5.24. The lowest BCUT2D eigenvalue weighted by Crippen LogP contribution is -2.41. The molecule has 1 unspecified atom stereocenters. The first-order valence-corrected chi connectivity index (χ1v) is 9.56. The Morgan fingerprint density at radius 2 is 2.38 bits per heavy atom. The van der Waals surface area contributed by atoms with E-state index in [1.165, 1.54) is 11.1 Å². The molecule has 3 rings (SSSR count). The number of fused-ring (bicyclic) bond motifs is 1. The number of carbonyl (C=O) groups is 1. The highest BCUT2D eigenvalue weighted by atomic mass is 32.2. The van der Waals surface area contributed by atoms with Gasteiger partial charge in [0.05, 0.1) is 12.0 Å². The van der Waals surface area contributed by atoms with Crippen LogP contribution in [0.5, 0.6) is 0 Å².